The first-order valence-corrected chi connectivity index (χ1v) is 4.96. The highest BCUT2D eigenvalue weighted by molar-refractivity contribution is 5.96. The van der Waals surface area contributed by atoms with Gasteiger partial charge in [0.1, 0.15) is 5.75 Å². The summed E-state index contributed by atoms with van der Waals surface area (Å²) in [5.41, 5.74) is 0.367. The fourth-order valence-corrected chi connectivity index (χ4v) is 1.56. The van der Waals surface area contributed by atoms with E-state index in [2.05, 4.69) is 5.32 Å². The highest BCUT2D eigenvalue weighted by Crippen LogP contribution is 2.18. The molecule has 1 heterocycles. The van der Waals surface area contributed by atoms with Crippen molar-refractivity contribution in [2.45, 2.75) is 6.04 Å². The number of phenols is 1. The summed E-state index contributed by atoms with van der Waals surface area (Å²) >= 11 is 0. The highest BCUT2D eigenvalue weighted by atomic mass is 16.3. The smallest absolute Gasteiger partial charge is 0.257 e. The first-order valence-electron chi connectivity index (χ1n) is 4.96. The van der Waals surface area contributed by atoms with Crippen molar-refractivity contribution in [3.05, 3.63) is 29.8 Å². The predicted octanol–water partition coefficient (Wildman–Crippen LogP) is 0.436. The molecule has 0 aliphatic carbocycles. The largest absolute Gasteiger partial charge is 0.507 e. The number of phenolic OH excluding ortho intramolecular Hbond substituents is 1. The summed E-state index contributed by atoms with van der Waals surface area (Å²) < 4.78 is 0. The lowest BCUT2D eigenvalue weighted by atomic mass is 10.1. The van der Waals surface area contributed by atoms with Gasteiger partial charge in [0.2, 0.25) is 0 Å². The standard InChI is InChI=1S/C11H14N2O2/c1-13(8-6-12-7-8)11(15)9-4-2-3-5-10(9)14/h2-5,8,12,14H,6-7H2,1H3. The number of amides is 1. The third kappa shape index (κ3) is 1.80. The van der Waals surface area contributed by atoms with Gasteiger partial charge in [0.25, 0.3) is 5.91 Å². The van der Waals surface area contributed by atoms with Crippen LogP contribution in [-0.4, -0.2) is 42.1 Å². The van der Waals surface area contributed by atoms with Gasteiger partial charge in [0.05, 0.1) is 11.6 Å². The van der Waals surface area contributed by atoms with Gasteiger partial charge in [0, 0.05) is 20.1 Å². The quantitative estimate of drug-likeness (QED) is 0.738. The number of likely N-dealkylation sites (N-methyl/N-ethyl adjacent to an activating group) is 1. The first kappa shape index (κ1) is 9.98. The number of para-hydroxylation sites is 1. The molecule has 1 saturated heterocycles. The Morgan fingerprint density at radius 1 is 1.47 bits per heavy atom. The molecule has 1 aromatic rings. The normalized spacial score (nSPS) is 15.8. The van der Waals surface area contributed by atoms with Crippen molar-refractivity contribution in [1.29, 1.82) is 0 Å². The number of hydrogen-bond donors (Lipinski definition) is 2. The van der Waals surface area contributed by atoms with E-state index < -0.39 is 0 Å². The minimum atomic E-state index is -0.125. The van der Waals surface area contributed by atoms with Crippen molar-refractivity contribution >= 4 is 5.91 Å². The Kier molecular flexibility index (Phi) is 2.60. The molecule has 0 bridgehead atoms. The van der Waals surface area contributed by atoms with E-state index in [1.165, 1.54) is 6.07 Å². The lowest BCUT2D eigenvalue weighted by Crippen LogP contribution is -2.57. The Bertz CT molecular complexity index is 375. The Morgan fingerprint density at radius 2 is 2.13 bits per heavy atom. The van der Waals surface area contributed by atoms with Crippen molar-refractivity contribution in [3.8, 4) is 5.75 Å². The maximum Gasteiger partial charge on any atom is 0.257 e. The van der Waals surface area contributed by atoms with E-state index >= 15 is 0 Å². The SMILES string of the molecule is CN(C(=O)c1ccccc1O)C1CNC1. The number of carbonyl (C=O) groups excluding carboxylic acids is 1. The molecule has 0 atom stereocenters. The number of rotatable bonds is 2. The molecule has 4 nitrogen and oxygen atoms in total. The van der Waals surface area contributed by atoms with Gasteiger partial charge < -0.3 is 15.3 Å². The second-order valence-corrected chi connectivity index (χ2v) is 3.75. The molecule has 1 amide bonds. The molecule has 2 rings (SSSR count). The molecule has 4 heteroatoms. The summed E-state index contributed by atoms with van der Waals surface area (Å²) in [7, 11) is 1.76. The van der Waals surface area contributed by atoms with E-state index in [-0.39, 0.29) is 17.7 Å². The van der Waals surface area contributed by atoms with Gasteiger partial charge in [-0.3, -0.25) is 4.79 Å². The molecule has 1 aliphatic rings. The van der Waals surface area contributed by atoms with Gasteiger partial charge in [-0.05, 0) is 12.1 Å². The van der Waals surface area contributed by atoms with Crippen LogP contribution in [0.5, 0.6) is 5.75 Å². The van der Waals surface area contributed by atoms with Crippen LogP contribution in [0.4, 0.5) is 0 Å². The molecule has 0 aromatic heterocycles. The number of nitrogens with zero attached hydrogens (tertiary/aromatic N) is 1. The average Bonchev–Trinajstić information content (AvgIpc) is 2.15. The van der Waals surface area contributed by atoms with Gasteiger partial charge in [-0.25, -0.2) is 0 Å². The summed E-state index contributed by atoms with van der Waals surface area (Å²) in [6.07, 6.45) is 0. The molecule has 1 aliphatic heterocycles. The van der Waals surface area contributed by atoms with E-state index in [1.807, 2.05) is 0 Å². The van der Waals surface area contributed by atoms with Crippen molar-refractivity contribution in [2.75, 3.05) is 20.1 Å². The van der Waals surface area contributed by atoms with Gasteiger partial charge in [0.15, 0.2) is 0 Å². The number of hydrogen-bond acceptors (Lipinski definition) is 3. The Morgan fingerprint density at radius 3 is 2.67 bits per heavy atom. The first-order chi connectivity index (χ1) is 7.20. The van der Waals surface area contributed by atoms with E-state index in [0.717, 1.165) is 13.1 Å². The van der Waals surface area contributed by atoms with Crippen LogP contribution < -0.4 is 5.32 Å². The molecular weight excluding hydrogens is 192 g/mol. The molecule has 0 spiro atoms. The minimum Gasteiger partial charge on any atom is -0.507 e. The zero-order valence-corrected chi connectivity index (χ0v) is 8.60. The topological polar surface area (TPSA) is 52.6 Å². The van der Waals surface area contributed by atoms with Crippen LogP contribution in [0.15, 0.2) is 24.3 Å². The van der Waals surface area contributed by atoms with Crippen LogP contribution in [0.2, 0.25) is 0 Å². The number of carbonyl (C=O) groups is 1. The zero-order valence-electron chi connectivity index (χ0n) is 8.60. The fraction of sp³-hybridized carbons (Fsp3) is 0.364. The summed E-state index contributed by atoms with van der Waals surface area (Å²) in [6.45, 7) is 1.66. The summed E-state index contributed by atoms with van der Waals surface area (Å²) in [5, 5.41) is 12.6. The monoisotopic (exact) mass is 206 g/mol. The third-order valence-corrected chi connectivity index (χ3v) is 2.76. The number of aromatic hydroxyl groups is 1. The molecule has 1 aromatic carbocycles. The van der Waals surface area contributed by atoms with Crippen molar-refractivity contribution in [2.24, 2.45) is 0 Å². The molecule has 0 unspecified atom stereocenters. The number of benzene rings is 1. The van der Waals surface area contributed by atoms with Crippen molar-refractivity contribution in [3.63, 3.8) is 0 Å². The average molecular weight is 206 g/mol. The van der Waals surface area contributed by atoms with Gasteiger partial charge >= 0.3 is 0 Å². The van der Waals surface area contributed by atoms with Crippen LogP contribution in [0.1, 0.15) is 10.4 Å². The van der Waals surface area contributed by atoms with Crippen LogP contribution >= 0.6 is 0 Å². The van der Waals surface area contributed by atoms with Crippen LogP contribution in [0.25, 0.3) is 0 Å². The highest BCUT2D eigenvalue weighted by Gasteiger charge is 2.26. The van der Waals surface area contributed by atoms with Crippen LogP contribution in [0.3, 0.4) is 0 Å². The second kappa shape index (κ2) is 3.90. The molecule has 80 valence electrons. The van der Waals surface area contributed by atoms with Gasteiger partial charge in [-0.15, -0.1) is 0 Å². The van der Waals surface area contributed by atoms with Crippen molar-refractivity contribution in [1.82, 2.24) is 10.2 Å². The van der Waals surface area contributed by atoms with E-state index in [0.29, 0.717) is 5.56 Å². The van der Waals surface area contributed by atoms with E-state index in [9.17, 15) is 9.90 Å². The number of nitrogens with one attached hydrogen (secondary N) is 1. The van der Waals surface area contributed by atoms with E-state index in [4.69, 9.17) is 0 Å². The Labute approximate surface area is 88.5 Å². The fourth-order valence-electron chi connectivity index (χ4n) is 1.56. The van der Waals surface area contributed by atoms with E-state index in [1.54, 1.807) is 30.1 Å². The van der Waals surface area contributed by atoms with Gasteiger partial charge in [-0.1, -0.05) is 12.1 Å². The van der Waals surface area contributed by atoms with Gasteiger partial charge in [-0.2, -0.15) is 0 Å². The maximum atomic E-state index is 11.9. The molecule has 0 radical (unpaired) electrons. The molecular formula is C11H14N2O2. The molecule has 0 saturated carbocycles. The Hall–Kier alpha value is -1.55. The summed E-state index contributed by atoms with van der Waals surface area (Å²) in [6, 6.07) is 6.87. The van der Waals surface area contributed by atoms with Crippen LogP contribution in [0, 0.1) is 0 Å². The minimum absolute atomic E-state index is 0.0432. The summed E-state index contributed by atoms with van der Waals surface area (Å²) in [4.78, 5) is 13.6. The Balaban J connectivity index is 2.16. The molecule has 1 fully saturated rings. The lowest BCUT2D eigenvalue weighted by molar-refractivity contribution is 0.0678. The maximum absolute atomic E-state index is 11.9. The molecule has 15 heavy (non-hydrogen) atoms. The zero-order chi connectivity index (χ0) is 10.8. The molecule has 2 N–H and O–H groups in total. The lowest BCUT2D eigenvalue weighted by Gasteiger charge is -2.35. The van der Waals surface area contributed by atoms with Crippen LogP contribution in [-0.2, 0) is 0 Å². The second-order valence-electron chi connectivity index (χ2n) is 3.75. The third-order valence-electron chi connectivity index (χ3n) is 2.76. The summed E-state index contributed by atoms with van der Waals surface area (Å²) in [5.74, 6) is -0.0822. The van der Waals surface area contributed by atoms with Crippen molar-refractivity contribution < 1.29 is 9.90 Å². The predicted molar refractivity (Wildman–Crippen MR) is 56.9 cm³/mol.